The lowest BCUT2D eigenvalue weighted by Crippen LogP contribution is -2.53. The van der Waals surface area contributed by atoms with Gasteiger partial charge in [-0.05, 0) is 6.07 Å². The highest BCUT2D eigenvalue weighted by Crippen LogP contribution is 2.13. The number of morpholine rings is 1. The molecule has 0 radical (unpaired) electrons. The molecule has 0 aromatic carbocycles. The number of pyridine rings is 1. The summed E-state index contributed by atoms with van der Waals surface area (Å²) in [6.45, 7) is 2.13. The van der Waals surface area contributed by atoms with E-state index in [0.29, 0.717) is 13.2 Å². The highest BCUT2D eigenvalue weighted by Gasteiger charge is 2.24. The maximum Gasteiger partial charge on any atom is 0.174 e. The Hall–Kier alpha value is -1.46. The Bertz CT molecular complexity index is 498. The van der Waals surface area contributed by atoms with Gasteiger partial charge in [-0.1, -0.05) is 0 Å². The van der Waals surface area contributed by atoms with Crippen LogP contribution in [0, 0.1) is 0 Å². The van der Waals surface area contributed by atoms with Crippen molar-refractivity contribution in [1.29, 1.82) is 0 Å². The minimum absolute atomic E-state index is 0.291. The highest BCUT2D eigenvalue weighted by atomic mass is 16.5. The molecule has 1 aromatic heterocycles. The number of fused-ring (bicyclic) bond motifs is 2. The third kappa shape index (κ3) is 1.32. The molecule has 15 heavy (non-hydrogen) atoms. The molecule has 2 N–H and O–H groups in total. The van der Waals surface area contributed by atoms with Crippen molar-refractivity contribution in [3.63, 3.8) is 0 Å². The van der Waals surface area contributed by atoms with Crippen LogP contribution in [0.4, 0.5) is 0 Å². The smallest absolute Gasteiger partial charge is 0.174 e. The van der Waals surface area contributed by atoms with Gasteiger partial charge in [0.05, 0.1) is 30.5 Å². The molecule has 1 saturated heterocycles. The Morgan fingerprint density at radius 3 is 3.40 bits per heavy atom. The first-order valence-corrected chi connectivity index (χ1v) is 4.97. The van der Waals surface area contributed by atoms with Crippen LogP contribution in [-0.4, -0.2) is 35.9 Å². The van der Waals surface area contributed by atoms with Crippen molar-refractivity contribution < 1.29 is 4.74 Å². The number of ether oxygens (including phenoxy) is 1. The van der Waals surface area contributed by atoms with Crippen molar-refractivity contribution in [2.75, 3.05) is 19.8 Å². The zero-order chi connectivity index (χ0) is 10.3. The van der Waals surface area contributed by atoms with Crippen LogP contribution in [0.5, 0.6) is 0 Å². The quantitative estimate of drug-likeness (QED) is 0.552. The van der Waals surface area contributed by atoms with E-state index in [1.165, 1.54) is 0 Å². The summed E-state index contributed by atoms with van der Waals surface area (Å²) in [5, 5.41) is 1.95. The second-order valence-corrected chi connectivity index (χ2v) is 3.63. The van der Waals surface area contributed by atoms with Crippen LogP contribution in [0.25, 0.3) is 5.70 Å². The van der Waals surface area contributed by atoms with E-state index >= 15 is 0 Å². The molecule has 1 aromatic rings. The minimum atomic E-state index is -0.291. The van der Waals surface area contributed by atoms with Gasteiger partial charge in [0.25, 0.3) is 0 Å². The van der Waals surface area contributed by atoms with Crippen LogP contribution >= 0.6 is 0 Å². The Kier molecular flexibility index (Phi) is 1.93. The van der Waals surface area contributed by atoms with Crippen LogP contribution in [-0.2, 0) is 4.74 Å². The predicted molar refractivity (Wildman–Crippen MR) is 53.9 cm³/mol. The molecule has 3 heterocycles. The molecule has 0 aliphatic carbocycles. The Morgan fingerprint density at radius 1 is 1.53 bits per heavy atom. The van der Waals surface area contributed by atoms with Gasteiger partial charge in [-0.15, -0.1) is 0 Å². The van der Waals surface area contributed by atoms with Crippen LogP contribution in [0.1, 0.15) is 0 Å². The zero-order valence-corrected chi connectivity index (χ0v) is 8.26. The van der Waals surface area contributed by atoms with Gasteiger partial charge in [-0.2, -0.15) is 0 Å². The van der Waals surface area contributed by atoms with Gasteiger partial charge in [-0.25, -0.2) is 4.99 Å². The summed E-state index contributed by atoms with van der Waals surface area (Å²) in [6, 6.07) is 1.96. The van der Waals surface area contributed by atoms with Crippen LogP contribution in [0.15, 0.2) is 23.5 Å². The lowest BCUT2D eigenvalue weighted by molar-refractivity contribution is 0.0828. The number of nitrogens with zero attached hydrogens (tertiary/aromatic N) is 3. The predicted octanol–water partition coefficient (Wildman–Crippen LogP) is -1.60. The molecular weight excluding hydrogens is 192 g/mol. The van der Waals surface area contributed by atoms with Gasteiger partial charge in [0.2, 0.25) is 0 Å². The molecule has 5 heteroatoms. The van der Waals surface area contributed by atoms with Crippen molar-refractivity contribution in [1.82, 2.24) is 9.88 Å². The summed E-state index contributed by atoms with van der Waals surface area (Å²) in [6.07, 6.45) is 3.22. The minimum Gasteiger partial charge on any atom is -0.373 e. The first kappa shape index (κ1) is 8.82. The van der Waals surface area contributed by atoms with Crippen LogP contribution < -0.4 is 16.3 Å². The second kappa shape index (κ2) is 3.29. The van der Waals surface area contributed by atoms with Crippen LogP contribution in [0.2, 0.25) is 0 Å². The first-order valence-electron chi connectivity index (χ1n) is 4.97. The number of hydrogen-bond acceptors (Lipinski definition) is 5. The maximum atomic E-state index is 5.96. The third-order valence-corrected chi connectivity index (χ3v) is 2.76. The van der Waals surface area contributed by atoms with Gasteiger partial charge in [0.1, 0.15) is 0 Å². The summed E-state index contributed by atoms with van der Waals surface area (Å²) in [5.74, 6) is 0. The third-order valence-electron chi connectivity index (χ3n) is 2.76. The van der Waals surface area contributed by atoms with E-state index < -0.39 is 0 Å². The fourth-order valence-electron chi connectivity index (χ4n) is 2.02. The largest absolute Gasteiger partial charge is 0.373 e. The highest BCUT2D eigenvalue weighted by molar-refractivity contribution is 5.45. The van der Waals surface area contributed by atoms with E-state index in [9.17, 15) is 0 Å². The van der Waals surface area contributed by atoms with E-state index in [-0.39, 0.29) is 6.29 Å². The Balaban J connectivity index is 2.29. The van der Waals surface area contributed by atoms with Crippen molar-refractivity contribution in [2.24, 2.45) is 10.7 Å². The van der Waals surface area contributed by atoms with Crippen molar-refractivity contribution in [3.05, 3.63) is 29.0 Å². The molecule has 0 bridgehead atoms. The molecule has 2 aliphatic rings. The maximum absolute atomic E-state index is 5.96. The Labute approximate surface area is 86.9 Å². The molecule has 0 spiro atoms. The normalized spacial score (nSPS) is 24.2. The molecule has 2 aliphatic heterocycles. The number of nitrogens with two attached hydrogens (primary N) is 1. The van der Waals surface area contributed by atoms with Crippen molar-refractivity contribution >= 4 is 5.70 Å². The van der Waals surface area contributed by atoms with E-state index in [1.54, 1.807) is 12.4 Å². The second-order valence-electron chi connectivity index (χ2n) is 3.63. The first-order chi connectivity index (χ1) is 7.36. The van der Waals surface area contributed by atoms with E-state index in [1.807, 2.05) is 6.07 Å². The summed E-state index contributed by atoms with van der Waals surface area (Å²) in [4.78, 5) is 10.5. The average molecular weight is 204 g/mol. The molecule has 3 rings (SSSR count). The topological polar surface area (TPSA) is 63.7 Å². The van der Waals surface area contributed by atoms with Gasteiger partial charge < -0.3 is 9.64 Å². The lowest BCUT2D eigenvalue weighted by Gasteiger charge is -2.36. The van der Waals surface area contributed by atoms with Gasteiger partial charge >= 0.3 is 0 Å². The lowest BCUT2D eigenvalue weighted by atomic mass is 10.2. The molecule has 0 saturated carbocycles. The zero-order valence-electron chi connectivity index (χ0n) is 8.26. The molecule has 5 nitrogen and oxygen atoms in total. The van der Waals surface area contributed by atoms with Crippen molar-refractivity contribution in [2.45, 2.75) is 6.29 Å². The standard InChI is InChI=1S/C10H12N4O/c11-10-13-8-5-12-2-1-7(8)9-6-15-4-3-14(9)10/h1-2,5,10H,3-4,6,11H2. The fraction of sp³-hybridized carbons (Fsp3) is 0.400. The summed E-state index contributed by atoms with van der Waals surface area (Å²) in [7, 11) is 0. The van der Waals surface area contributed by atoms with Gasteiger partial charge in [-0.3, -0.25) is 10.7 Å². The number of hydrogen-bond donors (Lipinski definition) is 1. The molecule has 0 amide bonds. The van der Waals surface area contributed by atoms with Crippen molar-refractivity contribution in [3.8, 4) is 0 Å². The van der Waals surface area contributed by atoms with Crippen LogP contribution in [0.3, 0.4) is 0 Å². The monoisotopic (exact) mass is 204 g/mol. The van der Waals surface area contributed by atoms with E-state index in [2.05, 4.69) is 14.9 Å². The summed E-state index contributed by atoms with van der Waals surface area (Å²) < 4.78 is 5.45. The molecular formula is C10H12N4O. The van der Waals surface area contributed by atoms with E-state index in [0.717, 1.165) is 22.8 Å². The number of aromatic nitrogens is 1. The molecule has 1 atom stereocenters. The number of rotatable bonds is 0. The molecule has 78 valence electrons. The average Bonchev–Trinajstić information content (AvgIpc) is 2.30. The SMILES string of the molecule is NC1N=c2cnccc2=C2COCCN21. The molecule has 1 unspecified atom stereocenters. The summed E-state index contributed by atoms with van der Waals surface area (Å²) >= 11 is 0. The summed E-state index contributed by atoms with van der Waals surface area (Å²) in [5.41, 5.74) is 7.09. The van der Waals surface area contributed by atoms with Gasteiger partial charge in [0, 0.05) is 18.0 Å². The van der Waals surface area contributed by atoms with E-state index in [4.69, 9.17) is 10.5 Å². The Morgan fingerprint density at radius 2 is 2.47 bits per heavy atom. The molecule has 1 fully saturated rings. The van der Waals surface area contributed by atoms with Gasteiger partial charge in [0.15, 0.2) is 6.29 Å². The fourth-order valence-corrected chi connectivity index (χ4v) is 2.02.